The van der Waals surface area contributed by atoms with Gasteiger partial charge in [-0.25, -0.2) is 4.39 Å². The molecular formula is C14H12FNO3S. The summed E-state index contributed by atoms with van der Waals surface area (Å²) in [6.07, 6.45) is -0.786. The Morgan fingerprint density at radius 3 is 2.45 bits per heavy atom. The number of aliphatic hydroxyl groups excluding tert-OH is 1. The number of nitro benzene ring substituents is 1. The maximum absolute atomic E-state index is 13.2. The molecule has 0 radical (unpaired) electrons. The van der Waals surface area contributed by atoms with Crippen LogP contribution in [0.15, 0.2) is 52.3 Å². The fourth-order valence-corrected chi connectivity index (χ4v) is 2.71. The van der Waals surface area contributed by atoms with E-state index in [0.29, 0.717) is 5.56 Å². The van der Waals surface area contributed by atoms with Crippen molar-refractivity contribution in [2.75, 3.05) is 0 Å². The average molecular weight is 293 g/mol. The zero-order valence-corrected chi connectivity index (χ0v) is 11.4. The molecule has 0 aliphatic heterocycles. The highest BCUT2D eigenvalue weighted by Crippen LogP contribution is 2.34. The Kier molecular flexibility index (Phi) is 4.36. The third-order valence-electron chi connectivity index (χ3n) is 2.70. The predicted octanol–water partition coefficient (Wildman–Crippen LogP) is 3.94. The lowest BCUT2D eigenvalue weighted by atomic mass is 10.1. The Balaban J connectivity index is 2.27. The van der Waals surface area contributed by atoms with E-state index in [1.165, 1.54) is 36.0 Å². The summed E-state index contributed by atoms with van der Waals surface area (Å²) >= 11 is 1.32. The van der Waals surface area contributed by atoms with Crippen molar-refractivity contribution in [3.05, 3.63) is 64.0 Å². The van der Waals surface area contributed by atoms with Crippen LogP contribution in [0.3, 0.4) is 0 Å². The van der Waals surface area contributed by atoms with E-state index in [1.54, 1.807) is 25.1 Å². The first-order valence-corrected chi connectivity index (χ1v) is 6.69. The summed E-state index contributed by atoms with van der Waals surface area (Å²) in [5, 5.41) is 20.2. The lowest BCUT2D eigenvalue weighted by molar-refractivity contribution is -0.384. The van der Waals surface area contributed by atoms with Crippen LogP contribution in [0.25, 0.3) is 0 Å². The topological polar surface area (TPSA) is 63.4 Å². The Morgan fingerprint density at radius 2 is 1.90 bits per heavy atom. The van der Waals surface area contributed by atoms with Gasteiger partial charge in [-0.3, -0.25) is 10.1 Å². The first kappa shape index (κ1) is 14.5. The number of non-ortho nitro benzene ring substituents is 1. The number of hydrogen-bond acceptors (Lipinski definition) is 4. The quantitative estimate of drug-likeness (QED) is 0.685. The van der Waals surface area contributed by atoms with Crippen molar-refractivity contribution in [1.82, 2.24) is 0 Å². The van der Waals surface area contributed by atoms with E-state index >= 15 is 0 Å². The SMILES string of the molecule is CC(O)c1cc(F)ccc1Sc1ccc([N+](=O)[O-])cc1. The molecule has 2 aromatic carbocycles. The standard InChI is InChI=1S/C14H12FNO3S/c1-9(17)13-8-10(15)2-7-14(13)20-12-5-3-11(4-6-12)16(18)19/h2-9,17H,1H3. The monoisotopic (exact) mass is 293 g/mol. The third-order valence-corrected chi connectivity index (χ3v) is 3.80. The Labute approximate surface area is 119 Å². The van der Waals surface area contributed by atoms with Crippen molar-refractivity contribution in [2.24, 2.45) is 0 Å². The molecule has 0 heterocycles. The molecule has 0 saturated carbocycles. The number of halogens is 1. The van der Waals surface area contributed by atoms with Crippen LogP contribution in [0.1, 0.15) is 18.6 Å². The molecule has 0 aliphatic rings. The molecule has 0 saturated heterocycles. The molecule has 4 nitrogen and oxygen atoms in total. The van der Waals surface area contributed by atoms with E-state index in [0.717, 1.165) is 9.79 Å². The number of rotatable bonds is 4. The fraction of sp³-hybridized carbons (Fsp3) is 0.143. The summed E-state index contributed by atoms with van der Waals surface area (Å²) in [7, 11) is 0. The molecule has 0 bridgehead atoms. The molecule has 0 aromatic heterocycles. The summed E-state index contributed by atoms with van der Waals surface area (Å²) in [5.41, 5.74) is 0.512. The van der Waals surface area contributed by atoms with Crippen molar-refractivity contribution in [3.63, 3.8) is 0 Å². The summed E-state index contributed by atoms with van der Waals surface area (Å²) in [4.78, 5) is 11.6. The zero-order chi connectivity index (χ0) is 14.7. The van der Waals surface area contributed by atoms with Gasteiger partial charge in [0.25, 0.3) is 5.69 Å². The maximum atomic E-state index is 13.2. The van der Waals surface area contributed by atoms with Crippen LogP contribution in [0.5, 0.6) is 0 Å². The smallest absolute Gasteiger partial charge is 0.269 e. The Bertz CT molecular complexity index is 629. The van der Waals surface area contributed by atoms with Gasteiger partial charge in [-0.15, -0.1) is 0 Å². The van der Waals surface area contributed by atoms with E-state index < -0.39 is 16.8 Å². The molecule has 1 N–H and O–H groups in total. The number of nitro groups is 1. The second-order valence-electron chi connectivity index (χ2n) is 4.21. The minimum atomic E-state index is -0.786. The maximum Gasteiger partial charge on any atom is 0.269 e. The van der Waals surface area contributed by atoms with Crippen LogP contribution in [0, 0.1) is 15.9 Å². The summed E-state index contributed by atoms with van der Waals surface area (Å²) in [5.74, 6) is -0.408. The van der Waals surface area contributed by atoms with Gasteiger partial charge in [-0.1, -0.05) is 11.8 Å². The first-order chi connectivity index (χ1) is 9.47. The van der Waals surface area contributed by atoms with Gasteiger partial charge in [0.2, 0.25) is 0 Å². The van der Waals surface area contributed by atoms with Crippen LogP contribution in [0.4, 0.5) is 10.1 Å². The molecule has 0 amide bonds. The molecule has 1 unspecified atom stereocenters. The van der Waals surface area contributed by atoms with E-state index in [9.17, 15) is 19.6 Å². The predicted molar refractivity (Wildman–Crippen MR) is 74.3 cm³/mol. The summed E-state index contributed by atoms with van der Waals surface area (Å²) in [6.45, 7) is 1.56. The fourth-order valence-electron chi connectivity index (χ4n) is 1.70. The van der Waals surface area contributed by atoms with Gasteiger partial charge in [0.1, 0.15) is 5.82 Å². The van der Waals surface area contributed by atoms with Gasteiger partial charge >= 0.3 is 0 Å². The van der Waals surface area contributed by atoms with E-state index in [4.69, 9.17) is 0 Å². The Morgan fingerprint density at radius 1 is 1.25 bits per heavy atom. The third kappa shape index (κ3) is 3.34. The van der Waals surface area contributed by atoms with Gasteiger partial charge < -0.3 is 5.11 Å². The largest absolute Gasteiger partial charge is 0.389 e. The van der Waals surface area contributed by atoms with E-state index in [1.807, 2.05) is 0 Å². The molecule has 2 aromatic rings. The molecule has 20 heavy (non-hydrogen) atoms. The molecule has 2 rings (SSSR count). The van der Waals surface area contributed by atoms with Crippen molar-refractivity contribution >= 4 is 17.4 Å². The second-order valence-corrected chi connectivity index (χ2v) is 5.33. The number of nitrogens with zero attached hydrogens (tertiary/aromatic N) is 1. The van der Waals surface area contributed by atoms with E-state index in [2.05, 4.69) is 0 Å². The molecule has 0 fully saturated rings. The van der Waals surface area contributed by atoms with Crippen molar-refractivity contribution < 1.29 is 14.4 Å². The number of aliphatic hydroxyl groups is 1. The van der Waals surface area contributed by atoms with Gasteiger partial charge in [0.05, 0.1) is 11.0 Å². The molecule has 0 spiro atoms. The van der Waals surface area contributed by atoms with Gasteiger partial charge in [0, 0.05) is 21.9 Å². The minimum absolute atomic E-state index is 0.0178. The Hall–Kier alpha value is -1.92. The molecular weight excluding hydrogens is 281 g/mol. The zero-order valence-electron chi connectivity index (χ0n) is 10.6. The van der Waals surface area contributed by atoms with Gasteiger partial charge in [-0.2, -0.15) is 0 Å². The van der Waals surface area contributed by atoms with E-state index in [-0.39, 0.29) is 5.69 Å². The molecule has 1 atom stereocenters. The van der Waals surface area contributed by atoms with Crippen molar-refractivity contribution in [3.8, 4) is 0 Å². The normalized spacial score (nSPS) is 12.2. The minimum Gasteiger partial charge on any atom is -0.389 e. The molecule has 6 heteroatoms. The molecule has 104 valence electrons. The van der Waals surface area contributed by atoms with Crippen LogP contribution in [-0.4, -0.2) is 10.0 Å². The van der Waals surface area contributed by atoms with Gasteiger partial charge in [-0.05, 0) is 42.8 Å². The highest BCUT2D eigenvalue weighted by molar-refractivity contribution is 7.99. The van der Waals surface area contributed by atoms with Crippen LogP contribution < -0.4 is 0 Å². The van der Waals surface area contributed by atoms with Crippen LogP contribution in [-0.2, 0) is 0 Å². The number of hydrogen-bond donors (Lipinski definition) is 1. The summed E-state index contributed by atoms with van der Waals surface area (Å²) in [6, 6.07) is 10.3. The average Bonchev–Trinajstić information content (AvgIpc) is 2.41. The van der Waals surface area contributed by atoms with Crippen LogP contribution >= 0.6 is 11.8 Å². The van der Waals surface area contributed by atoms with Gasteiger partial charge in [0.15, 0.2) is 0 Å². The number of benzene rings is 2. The van der Waals surface area contributed by atoms with Crippen molar-refractivity contribution in [2.45, 2.75) is 22.8 Å². The lowest BCUT2D eigenvalue weighted by Gasteiger charge is -2.11. The lowest BCUT2D eigenvalue weighted by Crippen LogP contribution is -1.95. The highest BCUT2D eigenvalue weighted by atomic mass is 32.2. The van der Waals surface area contributed by atoms with Crippen molar-refractivity contribution in [1.29, 1.82) is 0 Å². The summed E-state index contributed by atoms with van der Waals surface area (Å²) < 4.78 is 13.2. The second kappa shape index (κ2) is 6.02. The molecule has 0 aliphatic carbocycles. The van der Waals surface area contributed by atoms with Crippen LogP contribution in [0.2, 0.25) is 0 Å². The first-order valence-electron chi connectivity index (χ1n) is 5.87. The highest BCUT2D eigenvalue weighted by Gasteiger charge is 2.11.